The smallest absolute Gasteiger partial charge is 0.186 e. The third kappa shape index (κ3) is 4.75. The number of fused-ring (bicyclic) bond motifs is 8. The molecule has 0 fully saturated rings. The number of nitrogens with zero attached hydrogens (tertiary/aromatic N) is 3. The van der Waals surface area contributed by atoms with Gasteiger partial charge in [-0.2, -0.15) is 4.57 Å². The van der Waals surface area contributed by atoms with Crippen molar-refractivity contribution in [2.24, 2.45) is 0 Å². The topological polar surface area (TPSA) is 11.6 Å². The summed E-state index contributed by atoms with van der Waals surface area (Å²) in [7, 11) is 0. The Morgan fingerprint density at radius 3 is 1.33 bits per heavy atom. The molecule has 3 aromatic heterocycles. The molecule has 3 heteroatoms. The van der Waals surface area contributed by atoms with Crippen LogP contribution in [0.2, 0.25) is 0 Å². The van der Waals surface area contributed by atoms with Gasteiger partial charge in [0.05, 0.1) is 16.7 Å². The summed E-state index contributed by atoms with van der Waals surface area (Å²) in [5, 5.41) is 0. The normalized spacial score (nSPS) is 17.6. The van der Waals surface area contributed by atoms with E-state index in [1.807, 2.05) is 0 Å². The first-order valence-electron chi connectivity index (χ1n) is 18.7. The summed E-state index contributed by atoms with van der Waals surface area (Å²) in [4.78, 5) is 0. The predicted octanol–water partition coefficient (Wildman–Crippen LogP) is 8.09. The maximum atomic E-state index is 2.63. The van der Waals surface area contributed by atoms with Gasteiger partial charge in [-0.15, -0.1) is 9.13 Å². The molecule has 2 atom stereocenters. The van der Waals surface area contributed by atoms with Crippen LogP contribution >= 0.6 is 0 Å². The van der Waals surface area contributed by atoms with Crippen LogP contribution in [0.4, 0.5) is 0 Å². The molecule has 0 saturated carbocycles. The molecule has 0 aliphatic carbocycles. The molecule has 12 rings (SSSR count). The van der Waals surface area contributed by atoms with Crippen molar-refractivity contribution < 1.29 is 13.7 Å². The quantitative estimate of drug-likeness (QED) is 0.146. The highest BCUT2D eigenvalue weighted by atomic mass is 15.2. The fourth-order valence-corrected chi connectivity index (χ4v) is 9.55. The molecule has 5 aliphatic rings. The summed E-state index contributed by atoms with van der Waals surface area (Å²) in [5.74, 6) is 0. The van der Waals surface area contributed by atoms with E-state index in [1.54, 1.807) is 0 Å². The zero-order valence-electron chi connectivity index (χ0n) is 28.8. The van der Waals surface area contributed by atoms with Gasteiger partial charge >= 0.3 is 6.17 Å². The lowest BCUT2D eigenvalue weighted by molar-refractivity contribution is -0.936. The van der Waals surface area contributed by atoms with Gasteiger partial charge in [0.15, 0.2) is 18.6 Å². The molecule has 0 radical (unpaired) electrons. The van der Waals surface area contributed by atoms with E-state index < -0.39 is 0 Å². The zero-order chi connectivity index (χ0) is 33.5. The van der Waals surface area contributed by atoms with Crippen LogP contribution in [0.5, 0.6) is 0 Å². The predicted molar refractivity (Wildman–Crippen MR) is 200 cm³/mol. The van der Waals surface area contributed by atoms with Crippen molar-refractivity contribution >= 4 is 0 Å². The second-order valence-corrected chi connectivity index (χ2v) is 15.1. The third-order valence-electron chi connectivity index (χ3n) is 12.0. The molecule has 3 nitrogen and oxygen atoms in total. The van der Waals surface area contributed by atoms with Gasteiger partial charge in [-0.05, 0) is 97.2 Å². The average molecular weight is 659 g/mol. The summed E-state index contributed by atoms with van der Waals surface area (Å²) in [6.45, 7) is 0. The van der Waals surface area contributed by atoms with E-state index >= 15 is 0 Å². The minimum Gasteiger partial charge on any atom is -0.186 e. The van der Waals surface area contributed by atoms with Gasteiger partial charge in [0.1, 0.15) is 6.42 Å². The van der Waals surface area contributed by atoms with E-state index in [2.05, 4.69) is 160 Å². The van der Waals surface area contributed by atoms with Gasteiger partial charge in [-0.1, -0.05) is 72.8 Å². The second kappa shape index (κ2) is 11.4. The zero-order valence-corrected chi connectivity index (χ0v) is 28.8. The van der Waals surface area contributed by atoms with Crippen LogP contribution in [-0.2, 0) is 44.9 Å². The highest BCUT2D eigenvalue weighted by Gasteiger charge is 2.43. The third-order valence-corrected chi connectivity index (χ3v) is 12.0. The lowest BCUT2D eigenvalue weighted by Crippen LogP contribution is -2.61. The van der Waals surface area contributed by atoms with Crippen molar-refractivity contribution in [3.8, 4) is 33.8 Å². The molecular formula is C48H40N3+3. The fourth-order valence-electron chi connectivity index (χ4n) is 9.55. The first-order valence-corrected chi connectivity index (χ1v) is 18.7. The molecule has 0 saturated heterocycles. The van der Waals surface area contributed by atoms with Crippen molar-refractivity contribution in [1.29, 1.82) is 0 Å². The number of pyridine rings is 3. The number of benzene rings is 4. The largest absolute Gasteiger partial charge is 0.357 e. The summed E-state index contributed by atoms with van der Waals surface area (Å²) in [6.07, 6.45) is 14.7. The molecule has 0 N–H and O–H groups in total. The number of hydrogen-bond acceptors (Lipinski definition) is 0. The Labute approximate surface area is 299 Å². The Kier molecular flexibility index (Phi) is 6.52. The molecule has 244 valence electrons. The Morgan fingerprint density at radius 1 is 0.373 bits per heavy atom. The molecule has 0 spiro atoms. The first kappa shape index (κ1) is 29.1. The van der Waals surface area contributed by atoms with Gasteiger partial charge in [-0.3, -0.25) is 0 Å². The maximum absolute atomic E-state index is 2.63. The van der Waals surface area contributed by atoms with E-state index in [-0.39, 0.29) is 12.2 Å². The van der Waals surface area contributed by atoms with Gasteiger partial charge < -0.3 is 0 Å². The van der Waals surface area contributed by atoms with Crippen molar-refractivity contribution in [3.63, 3.8) is 0 Å². The summed E-state index contributed by atoms with van der Waals surface area (Å²) < 4.78 is 7.79. The number of aryl methyl sites for hydroxylation is 6. The van der Waals surface area contributed by atoms with Gasteiger partial charge in [-0.25, -0.2) is 0 Å². The van der Waals surface area contributed by atoms with Crippen molar-refractivity contribution in [2.75, 3.05) is 0 Å². The van der Waals surface area contributed by atoms with E-state index in [1.165, 1.54) is 83.8 Å². The van der Waals surface area contributed by atoms with Crippen LogP contribution in [-0.4, -0.2) is 0 Å². The van der Waals surface area contributed by atoms with E-state index in [0.717, 1.165) is 44.9 Å². The average Bonchev–Trinajstić information content (AvgIpc) is 3.51. The summed E-state index contributed by atoms with van der Waals surface area (Å²) in [6, 6.07) is 49.2. The highest BCUT2D eigenvalue weighted by molar-refractivity contribution is 5.70. The van der Waals surface area contributed by atoms with Crippen LogP contribution in [0.3, 0.4) is 0 Å². The van der Waals surface area contributed by atoms with Crippen LogP contribution in [0, 0.1) is 0 Å². The van der Waals surface area contributed by atoms with Gasteiger partial charge in [0.2, 0.25) is 23.1 Å². The monoisotopic (exact) mass is 658 g/mol. The van der Waals surface area contributed by atoms with Crippen LogP contribution in [0.1, 0.15) is 62.3 Å². The first-order chi connectivity index (χ1) is 25.2. The van der Waals surface area contributed by atoms with Gasteiger partial charge in [0, 0.05) is 46.0 Å². The Morgan fingerprint density at radius 2 is 0.784 bits per heavy atom. The van der Waals surface area contributed by atoms with Crippen LogP contribution in [0.15, 0.2) is 146 Å². The number of rotatable bonds is 0. The van der Waals surface area contributed by atoms with E-state index in [0.29, 0.717) is 0 Å². The molecule has 0 amide bonds. The minimum atomic E-state index is 0.0896. The SMILES string of the molecule is c1ccc2c(c1)CC1[n+]3cc(ccc3-2)CCc2cc3cc(c2)CCc2ccc([n+]1c2)-c1ccccc1C1c2ccccc2-c2ccc(c[n+]21)CC3. The minimum absolute atomic E-state index is 0.0896. The Bertz CT molecular complexity index is 2540. The van der Waals surface area contributed by atoms with Crippen molar-refractivity contribution in [3.05, 3.63) is 196 Å². The number of hydrogen-bond donors (Lipinski definition) is 0. The van der Waals surface area contributed by atoms with E-state index in [9.17, 15) is 0 Å². The van der Waals surface area contributed by atoms with Crippen LogP contribution in [0.25, 0.3) is 33.8 Å². The van der Waals surface area contributed by atoms with Crippen LogP contribution < -0.4 is 13.7 Å². The molecular weight excluding hydrogens is 619 g/mol. The summed E-state index contributed by atoms with van der Waals surface area (Å²) in [5.41, 5.74) is 20.5. The molecule has 2 unspecified atom stereocenters. The molecule has 8 heterocycles. The van der Waals surface area contributed by atoms with Crippen molar-refractivity contribution in [1.82, 2.24) is 0 Å². The maximum Gasteiger partial charge on any atom is 0.357 e. The van der Waals surface area contributed by atoms with E-state index in [4.69, 9.17) is 0 Å². The highest BCUT2D eigenvalue weighted by Crippen LogP contribution is 2.41. The molecule has 10 bridgehead atoms. The van der Waals surface area contributed by atoms with Gasteiger partial charge in [0.25, 0.3) is 0 Å². The molecule has 5 aliphatic heterocycles. The molecule has 51 heavy (non-hydrogen) atoms. The Balaban J connectivity index is 1.22. The lowest BCUT2D eigenvalue weighted by atomic mass is 9.90. The summed E-state index contributed by atoms with van der Waals surface area (Å²) >= 11 is 0. The Hall–Kier alpha value is -5.67. The second-order valence-electron chi connectivity index (χ2n) is 15.1. The number of aromatic nitrogens is 3. The lowest BCUT2D eigenvalue weighted by Gasteiger charge is -2.22. The van der Waals surface area contributed by atoms with Crippen molar-refractivity contribution in [2.45, 2.75) is 57.2 Å². The fraction of sp³-hybridized carbons (Fsp3) is 0.188. The standard InChI is InChI=1S/C48H40N3/c1-2-8-39-38(7-1)28-47-49-29-32(19-22-44(39)49)13-16-35-25-36-17-14-33-20-23-45(50(47)30-33)40-9-3-5-11-42(40)48-43-12-6-4-10-41(43)46-24-21-34(31-51(46)48)15-18-37(26-35)27-36/h1-12,19-27,29-31,47-48H,13-18,28H2/q+3. The molecule has 7 aromatic rings. The molecule has 4 aromatic carbocycles.